The summed E-state index contributed by atoms with van der Waals surface area (Å²) in [6.07, 6.45) is 2.37. The second-order valence-corrected chi connectivity index (χ2v) is 9.11. The minimum atomic E-state index is -0.0238. The van der Waals surface area contributed by atoms with Gasteiger partial charge in [-0.3, -0.25) is 4.79 Å². The molecule has 0 aliphatic carbocycles. The lowest BCUT2D eigenvalue weighted by molar-refractivity contribution is -0.127. The van der Waals surface area contributed by atoms with Crippen LogP contribution in [0.3, 0.4) is 0 Å². The molecule has 1 aromatic heterocycles. The van der Waals surface area contributed by atoms with E-state index >= 15 is 0 Å². The smallest absolute Gasteiger partial charge is 0.232 e. The van der Waals surface area contributed by atoms with Crippen molar-refractivity contribution >= 4 is 5.91 Å². The van der Waals surface area contributed by atoms with E-state index < -0.39 is 0 Å². The van der Waals surface area contributed by atoms with Gasteiger partial charge in [0.1, 0.15) is 0 Å². The highest BCUT2D eigenvalue weighted by Gasteiger charge is 2.34. The van der Waals surface area contributed by atoms with Crippen molar-refractivity contribution in [2.75, 3.05) is 13.1 Å². The molecular weight excluding hydrogens is 374 g/mol. The summed E-state index contributed by atoms with van der Waals surface area (Å²) in [5.74, 6) is 1.29. The van der Waals surface area contributed by atoms with Crippen LogP contribution in [-0.2, 0) is 16.6 Å². The second kappa shape index (κ2) is 8.42. The minimum absolute atomic E-state index is 0.0238. The standard InChI is InChI=1S/C25H29N3O2/c1-25(2,3)21-13-11-19(12-14-21)23-26-24(30-27-23)20-16-22(29)28(17-20)15-7-10-18-8-5-4-6-9-18/h4-6,8-9,11-14,20H,7,10,15-17H2,1-3H3. The highest BCUT2D eigenvalue weighted by atomic mass is 16.5. The molecule has 30 heavy (non-hydrogen) atoms. The number of likely N-dealkylation sites (tertiary alicyclic amines) is 1. The van der Waals surface area contributed by atoms with Gasteiger partial charge in [-0.25, -0.2) is 0 Å². The first-order valence-electron chi connectivity index (χ1n) is 10.7. The van der Waals surface area contributed by atoms with Crippen molar-refractivity contribution in [3.63, 3.8) is 0 Å². The van der Waals surface area contributed by atoms with Crippen molar-refractivity contribution in [1.29, 1.82) is 0 Å². The van der Waals surface area contributed by atoms with Crippen LogP contribution in [0.4, 0.5) is 0 Å². The molecule has 0 bridgehead atoms. The van der Waals surface area contributed by atoms with Gasteiger partial charge < -0.3 is 9.42 Å². The Morgan fingerprint density at radius 3 is 2.50 bits per heavy atom. The number of amides is 1. The maximum atomic E-state index is 12.4. The van der Waals surface area contributed by atoms with Gasteiger partial charge >= 0.3 is 0 Å². The number of hydrogen-bond acceptors (Lipinski definition) is 4. The van der Waals surface area contributed by atoms with E-state index in [1.165, 1.54) is 11.1 Å². The molecule has 0 N–H and O–H groups in total. The Morgan fingerprint density at radius 2 is 1.80 bits per heavy atom. The average molecular weight is 404 g/mol. The van der Waals surface area contributed by atoms with Crippen LogP contribution in [0.2, 0.25) is 0 Å². The van der Waals surface area contributed by atoms with Crippen LogP contribution in [-0.4, -0.2) is 34.0 Å². The molecule has 0 radical (unpaired) electrons. The number of carbonyl (C=O) groups excluding carboxylic acids is 1. The summed E-state index contributed by atoms with van der Waals surface area (Å²) < 4.78 is 5.53. The number of benzene rings is 2. The number of carbonyl (C=O) groups is 1. The largest absolute Gasteiger partial charge is 0.342 e. The predicted molar refractivity (Wildman–Crippen MR) is 117 cm³/mol. The maximum absolute atomic E-state index is 12.4. The summed E-state index contributed by atoms with van der Waals surface area (Å²) >= 11 is 0. The lowest BCUT2D eigenvalue weighted by Gasteiger charge is -2.18. The van der Waals surface area contributed by atoms with Gasteiger partial charge in [0.15, 0.2) is 0 Å². The van der Waals surface area contributed by atoms with Crippen molar-refractivity contribution in [2.45, 2.75) is 51.4 Å². The van der Waals surface area contributed by atoms with Crippen molar-refractivity contribution in [3.05, 3.63) is 71.6 Å². The van der Waals surface area contributed by atoms with Crippen molar-refractivity contribution in [3.8, 4) is 11.4 Å². The molecule has 1 aliphatic heterocycles. The van der Waals surface area contributed by atoms with Crippen LogP contribution in [0.5, 0.6) is 0 Å². The van der Waals surface area contributed by atoms with E-state index in [9.17, 15) is 4.79 Å². The third kappa shape index (κ3) is 4.61. The number of nitrogens with zero attached hydrogens (tertiary/aromatic N) is 3. The van der Waals surface area contributed by atoms with Crippen LogP contribution in [0.15, 0.2) is 59.1 Å². The van der Waals surface area contributed by atoms with Crippen LogP contribution >= 0.6 is 0 Å². The Hall–Kier alpha value is -2.95. The van der Waals surface area contributed by atoms with E-state index in [0.717, 1.165) is 24.9 Å². The molecule has 5 heteroatoms. The van der Waals surface area contributed by atoms with Crippen LogP contribution in [0.25, 0.3) is 11.4 Å². The van der Waals surface area contributed by atoms with Crippen LogP contribution in [0, 0.1) is 0 Å². The average Bonchev–Trinajstić information content (AvgIpc) is 3.36. The molecule has 1 atom stereocenters. The van der Waals surface area contributed by atoms with Crippen molar-refractivity contribution in [1.82, 2.24) is 15.0 Å². The zero-order valence-corrected chi connectivity index (χ0v) is 18.0. The normalized spacial score (nSPS) is 17.0. The molecule has 5 nitrogen and oxygen atoms in total. The molecule has 4 rings (SSSR count). The third-order valence-corrected chi connectivity index (χ3v) is 5.75. The Bertz CT molecular complexity index is 987. The first-order valence-corrected chi connectivity index (χ1v) is 10.7. The molecule has 2 aromatic carbocycles. The quantitative estimate of drug-likeness (QED) is 0.582. The van der Waals surface area contributed by atoms with Crippen LogP contribution < -0.4 is 0 Å². The summed E-state index contributed by atoms with van der Waals surface area (Å²) in [7, 11) is 0. The first-order chi connectivity index (χ1) is 14.4. The SMILES string of the molecule is CC(C)(C)c1ccc(-c2noc(C3CC(=O)N(CCCc4ccccc4)C3)n2)cc1. The topological polar surface area (TPSA) is 59.2 Å². The molecule has 2 heterocycles. The number of aromatic nitrogens is 2. The van der Waals surface area contributed by atoms with Gasteiger partial charge in [-0.15, -0.1) is 0 Å². The Labute approximate surface area is 178 Å². The van der Waals surface area contributed by atoms with Crippen molar-refractivity contribution < 1.29 is 9.32 Å². The van der Waals surface area contributed by atoms with E-state index in [1.54, 1.807) is 0 Å². The fourth-order valence-corrected chi connectivity index (χ4v) is 3.91. The monoisotopic (exact) mass is 403 g/mol. The lowest BCUT2D eigenvalue weighted by Crippen LogP contribution is -2.26. The number of hydrogen-bond donors (Lipinski definition) is 0. The summed E-state index contributed by atoms with van der Waals surface area (Å²) in [4.78, 5) is 19.0. The van der Waals surface area contributed by atoms with Gasteiger partial charge in [-0.2, -0.15) is 4.98 Å². The maximum Gasteiger partial charge on any atom is 0.232 e. The Morgan fingerprint density at radius 1 is 1.07 bits per heavy atom. The predicted octanol–water partition coefficient (Wildman–Crippen LogP) is 4.98. The Kier molecular flexibility index (Phi) is 5.71. The third-order valence-electron chi connectivity index (χ3n) is 5.75. The molecule has 0 spiro atoms. The highest BCUT2D eigenvalue weighted by molar-refractivity contribution is 5.79. The van der Waals surface area contributed by atoms with Gasteiger partial charge in [0, 0.05) is 25.1 Å². The Balaban J connectivity index is 1.36. The molecule has 156 valence electrons. The van der Waals surface area contributed by atoms with E-state index in [0.29, 0.717) is 24.7 Å². The van der Waals surface area contributed by atoms with Crippen molar-refractivity contribution in [2.24, 2.45) is 0 Å². The van der Waals surface area contributed by atoms with E-state index in [1.807, 2.05) is 23.1 Å². The molecule has 1 amide bonds. The van der Waals surface area contributed by atoms with Gasteiger partial charge in [-0.05, 0) is 29.4 Å². The first kappa shape index (κ1) is 20.3. The van der Waals surface area contributed by atoms with Crippen LogP contribution in [0.1, 0.15) is 56.5 Å². The van der Waals surface area contributed by atoms with Gasteiger partial charge in [0.25, 0.3) is 0 Å². The molecule has 3 aromatic rings. The number of aryl methyl sites for hydroxylation is 1. The lowest BCUT2D eigenvalue weighted by atomic mass is 9.87. The molecule has 1 fully saturated rings. The number of rotatable bonds is 6. The van der Waals surface area contributed by atoms with E-state index in [4.69, 9.17) is 4.52 Å². The fraction of sp³-hybridized carbons (Fsp3) is 0.400. The van der Waals surface area contributed by atoms with Gasteiger partial charge in [0.2, 0.25) is 17.6 Å². The van der Waals surface area contributed by atoms with E-state index in [2.05, 4.69) is 67.3 Å². The molecule has 1 saturated heterocycles. The fourth-order valence-electron chi connectivity index (χ4n) is 3.91. The second-order valence-electron chi connectivity index (χ2n) is 9.11. The summed E-state index contributed by atoms with van der Waals surface area (Å²) in [6, 6.07) is 18.7. The van der Waals surface area contributed by atoms with Gasteiger partial charge in [0.05, 0.1) is 5.92 Å². The van der Waals surface area contributed by atoms with Gasteiger partial charge in [-0.1, -0.05) is 80.5 Å². The highest BCUT2D eigenvalue weighted by Crippen LogP contribution is 2.30. The van der Waals surface area contributed by atoms with E-state index in [-0.39, 0.29) is 17.2 Å². The zero-order chi connectivity index (χ0) is 21.1. The zero-order valence-electron chi connectivity index (χ0n) is 18.0. The summed E-state index contributed by atoms with van der Waals surface area (Å²) in [6.45, 7) is 7.99. The minimum Gasteiger partial charge on any atom is -0.342 e. The summed E-state index contributed by atoms with van der Waals surface area (Å²) in [5.41, 5.74) is 3.61. The molecule has 1 unspecified atom stereocenters. The molecule has 1 aliphatic rings. The molecular formula is C25H29N3O2. The summed E-state index contributed by atoms with van der Waals surface area (Å²) in [5, 5.41) is 4.16. The molecule has 0 saturated carbocycles.